The molecule has 3 aromatic carbocycles. The topological polar surface area (TPSA) is 64.6 Å². The number of esters is 1. The van der Waals surface area contributed by atoms with E-state index in [0.717, 1.165) is 11.1 Å². The molecule has 0 fully saturated rings. The minimum atomic E-state index is -0.710. The number of carbonyl (C=O) groups is 2. The highest BCUT2D eigenvalue weighted by Gasteiger charge is 2.43. The summed E-state index contributed by atoms with van der Waals surface area (Å²) in [6.07, 6.45) is 0. The third-order valence-electron chi connectivity index (χ3n) is 6.32. The summed E-state index contributed by atoms with van der Waals surface area (Å²) in [4.78, 5) is 26.7. The first kappa shape index (κ1) is 24.2. The zero-order chi connectivity index (χ0) is 25.4. The van der Waals surface area contributed by atoms with Crippen LogP contribution in [0.3, 0.4) is 0 Å². The lowest BCUT2D eigenvalue weighted by atomic mass is 9.80. The largest absolute Gasteiger partial charge is 0.486 e. The second kappa shape index (κ2) is 9.84. The second-order valence-corrected chi connectivity index (χ2v) is 9.38. The Balaban J connectivity index is 1.59. The molecule has 2 aliphatic rings. The smallest absolute Gasteiger partial charge is 0.336 e. The van der Waals surface area contributed by atoms with Gasteiger partial charge in [0, 0.05) is 28.3 Å². The third kappa shape index (κ3) is 4.19. The molecule has 0 aromatic heterocycles. The molecule has 0 spiro atoms. The number of carbonyl (C=O) groups excluding carboxylic acids is 2. The summed E-state index contributed by atoms with van der Waals surface area (Å²) in [6, 6.07) is 20.5. The summed E-state index contributed by atoms with van der Waals surface area (Å²) in [7, 11) is 0. The van der Waals surface area contributed by atoms with E-state index in [-0.39, 0.29) is 22.4 Å². The quantitative estimate of drug-likeness (QED) is 0.367. The lowest BCUT2D eigenvalue weighted by Gasteiger charge is -2.29. The van der Waals surface area contributed by atoms with E-state index in [1.54, 1.807) is 32.0 Å². The first-order valence-corrected chi connectivity index (χ1v) is 12.3. The minimum Gasteiger partial charge on any atom is -0.486 e. The SMILES string of the molecule is CCOC(=O)C1=C(C)NC2=C(C(=O)c3ccccc32)[C@@H]1c1cc(Cl)c(OCc2ccccc2)c(Cl)c1. The normalized spacial score (nSPS) is 16.4. The Morgan fingerprint density at radius 3 is 2.28 bits per heavy atom. The molecule has 182 valence electrons. The van der Waals surface area contributed by atoms with Gasteiger partial charge in [0.25, 0.3) is 0 Å². The Morgan fingerprint density at radius 2 is 1.61 bits per heavy atom. The third-order valence-corrected chi connectivity index (χ3v) is 6.89. The number of nitrogens with one attached hydrogen (secondary N) is 1. The lowest BCUT2D eigenvalue weighted by molar-refractivity contribution is -0.138. The standard InChI is InChI=1S/C29H23Cl2NO4/c1-3-35-29(34)23-16(2)32-26-19-11-7-8-12-20(19)27(33)25(26)24(23)18-13-21(30)28(22(31)14-18)36-15-17-9-5-4-6-10-17/h4-14,24,32H,3,15H2,1-2H3/t24-/m1/s1. The molecule has 1 aliphatic carbocycles. The minimum absolute atomic E-state index is 0.149. The number of hydrogen-bond acceptors (Lipinski definition) is 5. The van der Waals surface area contributed by atoms with E-state index in [9.17, 15) is 9.59 Å². The summed E-state index contributed by atoms with van der Waals surface area (Å²) >= 11 is 13.3. The molecule has 1 atom stereocenters. The number of ketones is 1. The van der Waals surface area contributed by atoms with E-state index < -0.39 is 11.9 Å². The molecule has 0 radical (unpaired) electrons. The van der Waals surface area contributed by atoms with Crippen LogP contribution in [0, 0.1) is 0 Å². The Kier molecular flexibility index (Phi) is 6.61. The van der Waals surface area contributed by atoms with Crippen molar-refractivity contribution in [2.24, 2.45) is 0 Å². The predicted octanol–water partition coefficient (Wildman–Crippen LogP) is 6.70. The maximum atomic E-state index is 13.6. The maximum Gasteiger partial charge on any atom is 0.336 e. The van der Waals surface area contributed by atoms with Gasteiger partial charge >= 0.3 is 5.97 Å². The van der Waals surface area contributed by atoms with Gasteiger partial charge < -0.3 is 14.8 Å². The number of allylic oxidation sites excluding steroid dienone is 2. The fraction of sp³-hybridized carbons (Fsp3) is 0.172. The number of fused-ring (bicyclic) bond motifs is 2. The number of Topliss-reactive ketones (excluding diaryl/α,β-unsaturated/α-hetero) is 1. The van der Waals surface area contributed by atoms with Crippen molar-refractivity contribution in [3.63, 3.8) is 0 Å². The van der Waals surface area contributed by atoms with Crippen LogP contribution >= 0.6 is 23.2 Å². The van der Waals surface area contributed by atoms with Gasteiger partial charge in [-0.05, 0) is 37.1 Å². The molecule has 7 heteroatoms. The fourth-order valence-corrected chi connectivity index (χ4v) is 5.37. The molecular formula is C29H23Cl2NO4. The Hall–Kier alpha value is -3.54. The van der Waals surface area contributed by atoms with E-state index >= 15 is 0 Å². The van der Waals surface area contributed by atoms with E-state index in [4.69, 9.17) is 32.7 Å². The van der Waals surface area contributed by atoms with Crippen molar-refractivity contribution in [2.75, 3.05) is 6.61 Å². The van der Waals surface area contributed by atoms with Crippen molar-refractivity contribution < 1.29 is 19.1 Å². The van der Waals surface area contributed by atoms with Crippen LogP contribution in [0.1, 0.15) is 46.8 Å². The average Bonchev–Trinajstić information content (AvgIpc) is 3.15. The van der Waals surface area contributed by atoms with Gasteiger partial charge in [-0.3, -0.25) is 4.79 Å². The number of hydrogen-bond donors (Lipinski definition) is 1. The molecule has 1 N–H and O–H groups in total. The molecule has 0 bridgehead atoms. The van der Waals surface area contributed by atoms with Crippen molar-refractivity contribution in [2.45, 2.75) is 26.4 Å². The van der Waals surface area contributed by atoms with Gasteiger partial charge in [0.2, 0.25) is 0 Å². The highest BCUT2D eigenvalue weighted by atomic mass is 35.5. The lowest BCUT2D eigenvalue weighted by Crippen LogP contribution is -2.29. The van der Waals surface area contributed by atoms with Crippen molar-refractivity contribution >= 4 is 40.7 Å². The molecule has 3 aromatic rings. The van der Waals surface area contributed by atoms with Crippen molar-refractivity contribution in [3.05, 3.63) is 116 Å². The fourth-order valence-electron chi connectivity index (χ4n) is 4.76. The molecule has 5 rings (SSSR count). The number of dihydropyridines is 1. The van der Waals surface area contributed by atoms with Gasteiger partial charge in [0.1, 0.15) is 6.61 Å². The highest BCUT2D eigenvalue weighted by molar-refractivity contribution is 6.37. The highest BCUT2D eigenvalue weighted by Crippen LogP contribution is 2.48. The van der Waals surface area contributed by atoms with E-state index in [2.05, 4.69) is 5.32 Å². The van der Waals surface area contributed by atoms with Crippen LogP contribution < -0.4 is 10.1 Å². The summed E-state index contributed by atoms with van der Waals surface area (Å²) in [5.41, 5.74) is 5.06. The van der Waals surface area contributed by atoms with Crippen molar-refractivity contribution in [1.82, 2.24) is 5.32 Å². The average molecular weight is 520 g/mol. The van der Waals surface area contributed by atoms with Crippen LogP contribution in [0.2, 0.25) is 10.0 Å². The van der Waals surface area contributed by atoms with Crippen LogP contribution in [0.15, 0.2) is 83.6 Å². The number of benzene rings is 3. The number of ether oxygens (including phenoxy) is 2. The molecule has 1 aliphatic heterocycles. The summed E-state index contributed by atoms with van der Waals surface area (Å²) < 4.78 is 11.3. The van der Waals surface area contributed by atoms with Gasteiger partial charge in [-0.1, -0.05) is 77.8 Å². The first-order valence-electron chi connectivity index (χ1n) is 11.6. The van der Waals surface area contributed by atoms with Crippen LogP contribution in [-0.4, -0.2) is 18.4 Å². The zero-order valence-corrected chi connectivity index (χ0v) is 21.2. The molecule has 0 saturated heterocycles. The number of halogens is 2. The number of rotatable bonds is 6. The van der Waals surface area contributed by atoms with Gasteiger partial charge in [-0.2, -0.15) is 0 Å². The van der Waals surface area contributed by atoms with Crippen molar-refractivity contribution in [3.8, 4) is 5.75 Å². The molecule has 36 heavy (non-hydrogen) atoms. The van der Waals surface area contributed by atoms with Gasteiger partial charge in [0.05, 0.1) is 27.9 Å². The Labute approximate surface area is 219 Å². The molecule has 0 amide bonds. The van der Waals surface area contributed by atoms with E-state index in [0.29, 0.717) is 46.0 Å². The van der Waals surface area contributed by atoms with Gasteiger partial charge in [0.15, 0.2) is 11.5 Å². The zero-order valence-electron chi connectivity index (χ0n) is 19.7. The summed E-state index contributed by atoms with van der Waals surface area (Å²) in [6.45, 7) is 4.04. The summed E-state index contributed by atoms with van der Waals surface area (Å²) in [5.74, 6) is -1.02. The Bertz CT molecular complexity index is 1420. The second-order valence-electron chi connectivity index (χ2n) is 8.57. The molecular weight excluding hydrogens is 497 g/mol. The molecule has 0 saturated carbocycles. The van der Waals surface area contributed by atoms with Crippen LogP contribution in [0.4, 0.5) is 0 Å². The van der Waals surface area contributed by atoms with Crippen molar-refractivity contribution in [1.29, 1.82) is 0 Å². The van der Waals surface area contributed by atoms with Gasteiger partial charge in [-0.25, -0.2) is 4.79 Å². The van der Waals surface area contributed by atoms with Crippen LogP contribution in [0.5, 0.6) is 5.75 Å². The Morgan fingerprint density at radius 1 is 0.972 bits per heavy atom. The van der Waals surface area contributed by atoms with E-state index in [1.807, 2.05) is 48.5 Å². The molecule has 0 unspecified atom stereocenters. The predicted molar refractivity (Wildman–Crippen MR) is 140 cm³/mol. The molecule has 1 heterocycles. The monoisotopic (exact) mass is 519 g/mol. The molecule has 5 nitrogen and oxygen atoms in total. The van der Waals surface area contributed by atoms with Gasteiger partial charge in [-0.15, -0.1) is 0 Å². The maximum absolute atomic E-state index is 13.6. The van der Waals surface area contributed by atoms with E-state index in [1.165, 1.54) is 0 Å². The van der Waals surface area contributed by atoms with Crippen LogP contribution in [0.25, 0.3) is 5.70 Å². The van der Waals surface area contributed by atoms with Crippen LogP contribution in [-0.2, 0) is 16.1 Å². The summed E-state index contributed by atoms with van der Waals surface area (Å²) in [5, 5.41) is 3.86. The first-order chi connectivity index (χ1) is 17.4.